The molecule has 2 heterocycles. The van der Waals surface area contributed by atoms with Crippen LogP contribution in [-0.4, -0.2) is 56.6 Å². The maximum atomic E-state index is 14.2. The number of thiazole rings is 1. The van der Waals surface area contributed by atoms with Crippen molar-refractivity contribution in [3.8, 4) is 23.0 Å². The smallest absolute Gasteiger partial charge is 0.344 e. The number of halogens is 1. The summed E-state index contributed by atoms with van der Waals surface area (Å²) < 4.78 is 35.8. The SMILES string of the molecule is CCOC(=O)COc1c(Br)cc(/C=c2/sc3n(c2=O)[C@@H](c2cccc(OC)c2OCC)C(C(=O)OCC)=C(C)N=3)cc1OCC. The first kappa shape index (κ1) is 33.8. The lowest BCUT2D eigenvalue weighted by molar-refractivity contribution is -0.145. The second-order valence-corrected chi connectivity index (χ2v) is 11.3. The molecule has 0 fully saturated rings. The van der Waals surface area contributed by atoms with Crippen LogP contribution in [0, 0.1) is 0 Å². The Hall–Kier alpha value is -4.10. The minimum Gasteiger partial charge on any atom is -0.493 e. The van der Waals surface area contributed by atoms with Crippen molar-refractivity contribution in [2.75, 3.05) is 40.1 Å². The van der Waals surface area contributed by atoms with E-state index in [1.54, 1.807) is 57.2 Å². The van der Waals surface area contributed by atoms with Crippen molar-refractivity contribution in [3.63, 3.8) is 0 Å². The van der Waals surface area contributed by atoms with Crippen molar-refractivity contribution in [3.05, 3.63) is 76.9 Å². The predicted molar refractivity (Wildman–Crippen MR) is 172 cm³/mol. The van der Waals surface area contributed by atoms with Gasteiger partial charge in [0.05, 0.1) is 53.8 Å². The summed E-state index contributed by atoms with van der Waals surface area (Å²) >= 11 is 4.69. The number of methoxy groups -OCH3 is 1. The molecule has 0 spiro atoms. The molecule has 0 saturated carbocycles. The zero-order valence-corrected chi connectivity index (χ0v) is 28.3. The average molecular weight is 704 g/mol. The zero-order chi connectivity index (χ0) is 32.7. The van der Waals surface area contributed by atoms with E-state index in [2.05, 4.69) is 20.9 Å². The molecule has 0 unspecified atom stereocenters. The Labute approximate surface area is 272 Å². The molecule has 0 radical (unpaired) electrons. The molecule has 0 amide bonds. The number of carbonyl (C=O) groups is 2. The Morgan fingerprint density at radius 1 is 0.978 bits per heavy atom. The van der Waals surface area contributed by atoms with Gasteiger partial charge in [-0.05, 0) is 80.4 Å². The standard InChI is InChI=1S/C32H35BrN2O9S/c1-7-40-23-15-19(14-21(33)29(23)44-17-25(36)41-8-2)16-24-30(37)35-27(20-12-11-13-22(39-6)28(20)42-9-3)26(31(38)43-10-4)18(5)34-32(35)45-24/h11-16,27H,7-10,17H2,1-6H3/b24-16+/t27-/m0/s1. The molecule has 0 bridgehead atoms. The molecule has 0 N–H and O–H groups in total. The monoisotopic (exact) mass is 702 g/mol. The number of rotatable bonds is 13. The second kappa shape index (κ2) is 15.3. The Bertz CT molecular complexity index is 1790. The van der Waals surface area contributed by atoms with Gasteiger partial charge in [-0.2, -0.15) is 0 Å². The van der Waals surface area contributed by atoms with Crippen LogP contribution in [0.1, 0.15) is 51.8 Å². The maximum absolute atomic E-state index is 14.2. The lowest BCUT2D eigenvalue weighted by Gasteiger charge is -2.26. The molecule has 1 aromatic heterocycles. The van der Waals surface area contributed by atoms with Crippen LogP contribution in [0.25, 0.3) is 6.08 Å². The fraction of sp³-hybridized carbons (Fsp3) is 0.375. The lowest BCUT2D eigenvalue weighted by Crippen LogP contribution is -2.40. The van der Waals surface area contributed by atoms with Crippen molar-refractivity contribution in [1.82, 2.24) is 4.57 Å². The van der Waals surface area contributed by atoms with Crippen molar-refractivity contribution < 1.29 is 38.0 Å². The van der Waals surface area contributed by atoms with Gasteiger partial charge in [0, 0.05) is 5.56 Å². The first-order valence-corrected chi connectivity index (χ1v) is 16.0. The molecule has 1 aliphatic heterocycles. The molecule has 4 rings (SSSR count). The number of carbonyl (C=O) groups excluding carboxylic acids is 2. The highest BCUT2D eigenvalue weighted by molar-refractivity contribution is 9.10. The van der Waals surface area contributed by atoms with Gasteiger partial charge in [-0.1, -0.05) is 23.5 Å². The normalized spacial score (nSPS) is 14.4. The Morgan fingerprint density at radius 2 is 1.71 bits per heavy atom. The largest absolute Gasteiger partial charge is 0.493 e. The van der Waals surface area contributed by atoms with E-state index in [0.717, 1.165) is 0 Å². The summed E-state index contributed by atoms with van der Waals surface area (Å²) in [5, 5.41) is 0. The molecule has 2 aromatic carbocycles. The van der Waals surface area contributed by atoms with Crippen molar-refractivity contribution in [1.29, 1.82) is 0 Å². The van der Waals surface area contributed by atoms with Gasteiger partial charge in [0.15, 0.2) is 34.4 Å². The fourth-order valence-corrected chi connectivity index (χ4v) is 6.47. The van der Waals surface area contributed by atoms with E-state index in [4.69, 9.17) is 28.4 Å². The van der Waals surface area contributed by atoms with Crippen molar-refractivity contribution >= 4 is 45.3 Å². The van der Waals surface area contributed by atoms with Crippen LogP contribution < -0.4 is 33.8 Å². The van der Waals surface area contributed by atoms with Gasteiger partial charge in [-0.15, -0.1) is 0 Å². The second-order valence-electron chi connectivity index (χ2n) is 9.47. The van der Waals surface area contributed by atoms with E-state index in [1.165, 1.54) is 23.0 Å². The van der Waals surface area contributed by atoms with E-state index >= 15 is 0 Å². The van der Waals surface area contributed by atoms with Gasteiger partial charge in [-0.25, -0.2) is 14.6 Å². The molecular weight excluding hydrogens is 668 g/mol. The molecule has 1 atom stereocenters. The molecule has 13 heteroatoms. The van der Waals surface area contributed by atoms with Gasteiger partial charge >= 0.3 is 11.9 Å². The van der Waals surface area contributed by atoms with E-state index in [0.29, 0.717) is 66.8 Å². The van der Waals surface area contributed by atoms with Crippen LogP contribution in [0.15, 0.2) is 55.9 Å². The number of fused-ring (bicyclic) bond motifs is 1. The Balaban J connectivity index is 1.90. The van der Waals surface area contributed by atoms with Gasteiger partial charge in [-0.3, -0.25) is 9.36 Å². The minimum absolute atomic E-state index is 0.153. The molecule has 0 aliphatic carbocycles. The summed E-state index contributed by atoms with van der Waals surface area (Å²) in [5.74, 6) is 0.515. The summed E-state index contributed by atoms with van der Waals surface area (Å²) in [4.78, 5) is 44.5. The van der Waals surface area contributed by atoms with Crippen LogP contribution in [0.5, 0.6) is 23.0 Å². The number of hydrogen-bond acceptors (Lipinski definition) is 11. The van der Waals surface area contributed by atoms with Crippen LogP contribution in [0.4, 0.5) is 0 Å². The summed E-state index contributed by atoms with van der Waals surface area (Å²) in [6, 6.07) is 7.92. The quantitative estimate of drug-likeness (QED) is 0.240. The minimum atomic E-state index is -0.886. The average Bonchev–Trinajstić information content (AvgIpc) is 3.30. The number of benzene rings is 2. The number of aromatic nitrogens is 1. The number of allylic oxidation sites excluding steroid dienone is 1. The van der Waals surface area contributed by atoms with Crippen LogP contribution in [0.2, 0.25) is 0 Å². The topological polar surface area (TPSA) is 124 Å². The Morgan fingerprint density at radius 3 is 2.38 bits per heavy atom. The van der Waals surface area contributed by atoms with Gasteiger partial charge in [0.1, 0.15) is 6.04 Å². The maximum Gasteiger partial charge on any atom is 0.344 e. The predicted octanol–water partition coefficient (Wildman–Crippen LogP) is 4.31. The summed E-state index contributed by atoms with van der Waals surface area (Å²) in [7, 11) is 1.53. The van der Waals surface area contributed by atoms with Crippen LogP contribution >= 0.6 is 27.3 Å². The van der Waals surface area contributed by atoms with Gasteiger partial charge in [0.25, 0.3) is 5.56 Å². The molecule has 3 aromatic rings. The molecule has 1 aliphatic rings. The van der Waals surface area contributed by atoms with E-state index in [1.807, 2.05) is 13.8 Å². The molecule has 45 heavy (non-hydrogen) atoms. The third-order valence-corrected chi connectivity index (χ3v) is 8.17. The Kier molecular flexibility index (Phi) is 11.5. The fourth-order valence-electron chi connectivity index (χ4n) is 4.85. The van der Waals surface area contributed by atoms with Crippen molar-refractivity contribution in [2.24, 2.45) is 4.99 Å². The highest BCUT2D eigenvalue weighted by Gasteiger charge is 2.36. The van der Waals surface area contributed by atoms with Crippen molar-refractivity contribution in [2.45, 2.75) is 40.7 Å². The number of esters is 2. The third-order valence-electron chi connectivity index (χ3n) is 6.60. The summed E-state index contributed by atoms with van der Waals surface area (Å²) in [6.07, 6.45) is 1.71. The van der Waals surface area contributed by atoms with Gasteiger partial charge in [0.2, 0.25) is 0 Å². The van der Waals surface area contributed by atoms with E-state index < -0.39 is 18.0 Å². The zero-order valence-electron chi connectivity index (χ0n) is 25.9. The van der Waals surface area contributed by atoms with Crippen LogP contribution in [0.3, 0.4) is 0 Å². The first-order valence-electron chi connectivity index (χ1n) is 14.4. The number of ether oxygens (including phenoxy) is 6. The number of hydrogen-bond donors (Lipinski definition) is 0. The highest BCUT2D eigenvalue weighted by Crippen LogP contribution is 2.41. The van der Waals surface area contributed by atoms with Gasteiger partial charge < -0.3 is 28.4 Å². The van der Waals surface area contributed by atoms with E-state index in [9.17, 15) is 14.4 Å². The number of nitrogens with zero attached hydrogens (tertiary/aromatic N) is 2. The van der Waals surface area contributed by atoms with Crippen LogP contribution in [-0.2, 0) is 19.1 Å². The highest BCUT2D eigenvalue weighted by atomic mass is 79.9. The summed E-state index contributed by atoms with van der Waals surface area (Å²) in [5.41, 5.74) is 1.49. The van der Waals surface area contributed by atoms with E-state index in [-0.39, 0.29) is 31.0 Å². The number of para-hydroxylation sites is 1. The molecular formula is C32H35BrN2O9S. The first-order chi connectivity index (χ1) is 21.7. The lowest BCUT2D eigenvalue weighted by atomic mass is 9.94. The molecule has 0 saturated heterocycles. The summed E-state index contributed by atoms with van der Waals surface area (Å²) in [6.45, 7) is 9.60. The third kappa shape index (κ3) is 7.25. The molecule has 11 nitrogen and oxygen atoms in total. The molecule has 240 valence electrons.